The van der Waals surface area contributed by atoms with Crippen LogP contribution in [0.3, 0.4) is 0 Å². The van der Waals surface area contributed by atoms with Gasteiger partial charge >= 0.3 is 0 Å². The van der Waals surface area contributed by atoms with Gasteiger partial charge < -0.3 is 9.84 Å². The second-order valence-corrected chi connectivity index (χ2v) is 4.12. The molecule has 2 rings (SSSR count). The summed E-state index contributed by atoms with van der Waals surface area (Å²) >= 11 is 0. The van der Waals surface area contributed by atoms with Gasteiger partial charge in [-0.15, -0.1) is 0 Å². The number of aliphatic hydroxyl groups excluding tert-OH is 1. The second kappa shape index (κ2) is 4.19. The molecule has 0 amide bonds. The average Bonchev–Trinajstić information content (AvgIpc) is 2.92. The van der Waals surface area contributed by atoms with Crippen LogP contribution in [-0.2, 0) is 6.42 Å². The topological polar surface area (TPSA) is 29.5 Å². The lowest BCUT2D eigenvalue weighted by atomic mass is 10.1. The number of benzene rings is 1. The van der Waals surface area contributed by atoms with Crippen LogP contribution in [0.5, 0.6) is 5.75 Å². The van der Waals surface area contributed by atoms with Crippen molar-refractivity contribution in [1.82, 2.24) is 0 Å². The zero-order chi connectivity index (χ0) is 10.8. The summed E-state index contributed by atoms with van der Waals surface area (Å²) in [7, 11) is 0. The summed E-state index contributed by atoms with van der Waals surface area (Å²) in [6.45, 7) is 1.69. The van der Waals surface area contributed by atoms with E-state index in [0.717, 1.165) is 18.4 Å². The molecule has 0 spiro atoms. The molecule has 1 atom stereocenters. The number of ether oxygens (including phenoxy) is 1. The summed E-state index contributed by atoms with van der Waals surface area (Å²) in [6, 6.07) is 4.47. The van der Waals surface area contributed by atoms with Crippen molar-refractivity contribution in [3.63, 3.8) is 0 Å². The van der Waals surface area contributed by atoms with E-state index < -0.39 is 6.10 Å². The smallest absolute Gasteiger partial charge is 0.123 e. The number of hydrogen-bond acceptors (Lipinski definition) is 2. The molecule has 82 valence electrons. The van der Waals surface area contributed by atoms with E-state index in [2.05, 4.69) is 0 Å². The van der Waals surface area contributed by atoms with Gasteiger partial charge in [-0.05, 0) is 43.5 Å². The molecular weight excluding hydrogens is 195 g/mol. The van der Waals surface area contributed by atoms with Gasteiger partial charge in [-0.25, -0.2) is 4.39 Å². The first-order chi connectivity index (χ1) is 7.15. The highest BCUT2D eigenvalue weighted by molar-refractivity contribution is 5.35. The van der Waals surface area contributed by atoms with Crippen LogP contribution in [0, 0.1) is 5.82 Å². The van der Waals surface area contributed by atoms with Crippen molar-refractivity contribution < 1.29 is 14.2 Å². The maximum Gasteiger partial charge on any atom is 0.123 e. The first kappa shape index (κ1) is 10.4. The Morgan fingerprint density at radius 1 is 1.53 bits per heavy atom. The predicted octanol–water partition coefficient (Wildman–Crippen LogP) is 2.29. The van der Waals surface area contributed by atoms with Gasteiger partial charge in [0.1, 0.15) is 11.6 Å². The monoisotopic (exact) mass is 210 g/mol. The quantitative estimate of drug-likeness (QED) is 0.826. The van der Waals surface area contributed by atoms with Gasteiger partial charge in [-0.1, -0.05) is 0 Å². The van der Waals surface area contributed by atoms with E-state index in [-0.39, 0.29) is 5.82 Å². The van der Waals surface area contributed by atoms with Crippen molar-refractivity contribution in [3.8, 4) is 5.75 Å². The van der Waals surface area contributed by atoms with Gasteiger partial charge in [0, 0.05) is 6.42 Å². The molecule has 1 saturated carbocycles. The lowest BCUT2D eigenvalue weighted by Gasteiger charge is -2.12. The first-order valence-electron chi connectivity index (χ1n) is 5.28. The van der Waals surface area contributed by atoms with Crippen molar-refractivity contribution in [2.45, 2.75) is 38.4 Å². The van der Waals surface area contributed by atoms with Gasteiger partial charge in [-0.3, -0.25) is 0 Å². The van der Waals surface area contributed by atoms with Crippen molar-refractivity contribution in [2.24, 2.45) is 0 Å². The summed E-state index contributed by atoms with van der Waals surface area (Å²) in [5.74, 6) is 0.425. The zero-order valence-electron chi connectivity index (χ0n) is 8.74. The highest BCUT2D eigenvalue weighted by Crippen LogP contribution is 2.30. The minimum Gasteiger partial charge on any atom is -0.490 e. The van der Waals surface area contributed by atoms with E-state index in [1.54, 1.807) is 13.0 Å². The van der Waals surface area contributed by atoms with Crippen LogP contribution in [0.4, 0.5) is 4.39 Å². The van der Waals surface area contributed by atoms with Crippen LogP contribution < -0.4 is 4.74 Å². The van der Waals surface area contributed by atoms with Crippen LogP contribution in [0.2, 0.25) is 0 Å². The molecule has 1 aliphatic carbocycles. The van der Waals surface area contributed by atoms with E-state index in [0.29, 0.717) is 18.3 Å². The fourth-order valence-electron chi connectivity index (χ4n) is 1.51. The highest BCUT2D eigenvalue weighted by Gasteiger charge is 2.24. The Morgan fingerprint density at radius 3 is 2.87 bits per heavy atom. The SMILES string of the molecule is CC(O)Cc1cc(F)ccc1OC1CC1. The highest BCUT2D eigenvalue weighted by atomic mass is 19.1. The minimum atomic E-state index is -0.478. The predicted molar refractivity (Wildman–Crippen MR) is 55.4 cm³/mol. The molecule has 1 fully saturated rings. The lowest BCUT2D eigenvalue weighted by molar-refractivity contribution is 0.192. The Hall–Kier alpha value is -1.09. The summed E-state index contributed by atoms with van der Waals surface area (Å²) in [5, 5.41) is 9.29. The normalized spacial score (nSPS) is 17.5. The van der Waals surface area contributed by atoms with E-state index in [9.17, 15) is 9.50 Å². The molecule has 0 aromatic heterocycles. The van der Waals surface area contributed by atoms with Crippen molar-refractivity contribution in [1.29, 1.82) is 0 Å². The largest absolute Gasteiger partial charge is 0.490 e. The standard InChI is InChI=1S/C12H15FO2/c1-8(14)6-9-7-10(13)2-5-12(9)15-11-3-4-11/h2,5,7-8,11,14H,3-4,6H2,1H3. The van der Waals surface area contributed by atoms with E-state index in [1.165, 1.54) is 12.1 Å². The van der Waals surface area contributed by atoms with Crippen LogP contribution in [-0.4, -0.2) is 17.3 Å². The fraction of sp³-hybridized carbons (Fsp3) is 0.500. The molecule has 0 saturated heterocycles. The van der Waals surface area contributed by atoms with Crippen molar-refractivity contribution in [3.05, 3.63) is 29.6 Å². The van der Waals surface area contributed by atoms with Gasteiger partial charge in [0.05, 0.1) is 12.2 Å². The molecule has 1 unspecified atom stereocenters. The fourth-order valence-corrected chi connectivity index (χ4v) is 1.51. The van der Waals surface area contributed by atoms with Gasteiger partial charge in [0.15, 0.2) is 0 Å². The molecule has 2 nitrogen and oxygen atoms in total. The van der Waals surface area contributed by atoms with Gasteiger partial charge in [0.25, 0.3) is 0 Å². The molecule has 3 heteroatoms. The molecular formula is C12H15FO2. The van der Waals surface area contributed by atoms with Crippen molar-refractivity contribution in [2.75, 3.05) is 0 Å². The number of hydrogen-bond donors (Lipinski definition) is 1. The van der Waals surface area contributed by atoms with Crippen LogP contribution in [0.15, 0.2) is 18.2 Å². The zero-order valence-corrected chi connectivity index (χ0v) is 8.74. The number of aliphatic hydroxyl groups is 1. The Labute approximate surface area is 88.7 Å². The molecule has 1 N–H and O–H groups in total. The molecule has 0 radical (unpaired) electrons. The molecule has 1 aromatic rings. The molecule has 0 bridgehead atoms. The molecule has 0 heterocycles. The number of halogens is 1. The van der Waals surface area contributed by atoms with E-state index >= 15 is 0 Å². The summed E-state index contributed by atoms with van der Waals surface area (Å²) in [6.07, 6.45) is 2.40. The van der Waals surface area contributed by atoms with Crippen molar-refractivity contribution >= 4 is 0 Å². The Morgan fingerprint density at radius 2 is 2.27 bits per heavy atom. The van der Waals surface area contributed by atoms with Gasteiger partial charge in [0.2, 0.25) is 0 Å². The minimum absolute atomic E-state index is 0.284. The average molecular weight is 210 g/mol. The van der Waals surface area contributed by atoms with E-state index in [1.807, 2.05) is 0 Å². The third-order valence-corrected chi connectivity index (χ3v) is 2.36. The maximum atomic E-state index is 13.0. The number of rotatable bonds is 4. The lowest BCUT2D eigenvalue weighted by Crippen LogP contribution is -2.07. The van der Waals surface area contributed by atoms with Crippen LogP contribution >= 0.6 is 0 Å². The third-order valence-electron chi connectivity index (χ3n) is 2.36. The molecule has 15 heavy (non-hydrogen) atoms. The van der Waals surface area contributed by atoms with E-state index in [4.69, 9.17) is 4.74 Å². The third kappa shape index (κ3) is 2.93. The molecule has 1 aromatic carbocycles. The first-order valence-corrected chi connectivity index (χ1v) is 5.28. The Kier molecular flexibility index (Phi) is 2.91. The van der Waals surface area contributed by atoms with Crippen LogP contribution in [0.1, 0.15) is 25.3 Å². The Balaban J connectivity index is 2.17. The maximum absolute atomic E-state index is 13.0. The summed E-state index contributed by atoms with van der Waals surface area (Å²) in [5.41, 5.74) is 0.747. The molecule has 0 aliphatic heterocycles. The Bertz CT molecular complexity index is 345. The molecule has 1 aliphatic rings. The van der Waals surface area contributed by atoms with Gasteiger partial charge in [-0.2, -0.15) is 0 Å². The summed E-state index contributed by atoms with van der Waals surface area (Å²) in [4.78, 5) is 0. The summed E-state index contributed by atoms with van der Waals surface area (Å²) < 4.78 is 18.6. The van der Waals surface area contributed by atoms with Crippen LogP contribution in [0.25, 0.3) is 0 Å². The second-order valence-electron chi connectivity index (χ2n) is 4.12.